The number of allylic oxidation sites excluding steroid dienone is 1. The van der Waals surface area contributed by atoms with Gasteiger partial charge in [0.2, 0.25) is 0 Å². The average Bonchev–Trinajstić information content (AvgIpc) is 1.84. The van der Waals surface area contributed by atoms with Gasteiger partial charge in [-0.25, -0.2) is 0 Å². The van der Waals surface area contributed by atoms with Gasteiger partial charge in [-0.1, -0.05) is 32.6 Å². The van der Waals surface area contributed by atoms with Crippen LogP contribution in [0.2, 0.25) is 0 Å². The lowest BCUT2D eigenvalue weighted by atomic mass is 10.1. The normalized spacial score (nSPS) is 9.91. The maximum atomic E-state index is 3.99. The summed E-state index contributed by atoms with van der Waals surface area (Å²) in [7, 11) is 2.05. The van der Waals surface area contributed by atoms with Crippen molar-refractivity contribution in [3.63, 3.8) is 0 Å². The van der Waals surface area contributed by atoms with Crippen molar-refractivity contribution < 1.29 is 0 Å². The zero-order chi connectivity index (χ0) is 9.02. The Morgan fingerprint density at radius 2 is 1.82 bits per heavy atom. The first-order valence-electron chi connectivity index (χ1n) is 3.99. The second-order valence-corrected chi connectivity index (χ2v) is 3.46. The molecule has 0 aromatic heterocycles. The van der Waals surface area contributed by atoms with Crippen LogP contribution in [0.15, 0.2) is 24.4 Å². The van der Waals surface area contributed by atoms with Crippen molar-refractivity contribution >= 4 is 0 Å². The summed E-state index contributed by atoms with van der Waals surface area (Å²) in [6, 6.07) is 0. The predicted molar refractivity (Wildman–Crippen MR) is 51.4 cm³/mol. The van der Waals surface area contributed by atoms with Crippen molar-refractivity contribution in [1.29, 1.82) is 0 Å². The summed E-state index contributed by atoms with van der Waals surface area (Å²) in [5.74, 6) is 0.527. The average molecular weight is 153 g/mol. The molecule has 64 valence electrons. The van der Waals surface area contributed by atoms with Crippen LogP contribution in [0, 0.1) is 5.92 Å². The second-order valence-electron chi connectivity index (χ2n) is 3.46. The minimum absolute atomic E-state index is 0.527. The highest BCUT2D eigenvalue weighted by atomic mass is 15.1. The molecule has 1 heteroatoms. The Bertz CT molecular complexity index is 156. The van der Waals surface area contributed by atoms with Crippen LogP contribution >= 0.6 is 0 Å². The van der Waals surface area contributed by atoms with E-state index in [0.29, 0.717) is 5.92 Å². The second kappa shape index (κ2) is 4.22. The van der Waals surface area contributed by atoms with Crippen molar-refractivity contribution in [2.24, 2.45) is 5.92 Å². The van der Waals surface area contributed by atoms with Gasteiger partial charge in [-0.15, -0.1) is 0 Å². The number of likely N-dealkylation sites (N-methyl/N-ethyl adjacent to an activating group) is 1. The number of hydrogen-bond donors (Lipinski definition) is 0. The maximum absolute atomic E-state index is 3.99. The Labute approximate surface area is 70.4 Å². The van der Waals surface area contributed by atoms with Crippen LogP contribution in [0.4, 0.5) is 0 Å². The van der Waals surface area contributed by atoms with Gasteiger partial charge in [0.25, 0.3) is 0 Å². The molecule has 0 saturated heterocycles. The Hall–Kier alpha value is -0.720. The molecule has 0 bridgehead atoms. The Morgan fingerprint density at radius 1 is 1.36 bits per heavy atom. The molecule has 0 heterocycles. The van der Waals surface area contributed by atoms with Gasteiger partial charge >= 0.3 is 0 Å². The fourth-order valence-corrected chi connectivity index (χ4v) is 0.947. The first-order chi connectivity index (χ1) is 4.95. The quantitative estimate of drug-likeness (QED) is 0.561. The minimum Gasteiger partial charge on any atom is -0.374 e. The third-order valence-corrected chi connectivity index (χ3v) is 1.66. The van der Waals surface area contributed by atoms with Gasteiger partial charge in [-0.05, 0) is 12.8 Å². The highest BCUT2D eigenvalue weighted by Gasteiger charge is 2.04. The number of hydrogen-bond acceptors (Lipinski definition) is 1. The summed E-state index contributed by atoms with van der Waals surface area (Å²) >= 11 is 0. The molecular weight excluding hydrogens is 134 g/mol. The first-order valence-corrected chi connectivity index (χ1v) is 3.99. The zero-order valence-corrected chi connectivity index (χ0v) is 8.15. The van der Waals surface area contributed by atoms with Crippen LogP contribution in [-0.4, -0.2) is 18.5 Å². The van der Waals surface area contributed by atoms with Crippen molar-refractivity contribution in [3.05, 3.63) is 24.4 Å². The van der Waals surface area contributed by atoms with Gasteiger partial charge in [-0.3, -0.25) is 0 Å². The molecule has 0 aliphatic rings. The van der Waals surface area contributed by atoms with E-state index < -0.39 is 0 Å². The van der Waals surface area contributed by atoms with E-state index in [4.69, 9.17) is 0 Å². The lowest BCUT2D eigenvalue weighted by molar-refractivity contribution is 0.405. The Kier molecular flexibility index (Phi) is 3.94. The minimum atomic E-state index is 0.527. The monoisotopic (exact) mass is 153 g/mol. The van der Waals surface area contributed by atoms with E-state index in [1.807, 2.05) is 6.92 Å². The molecule has 0 atom stereocenters. The Morgan fingerprint density at radius 3 is 2.09 bits per heavy atom. The van der Waals surface area contributed by atoms with Gasteiger partial charge in [-0.2, -0.15) is 0 Å². The Balaban J connectivity index is 3.93. The smallest absolute Gasteiger partial charge is 0.0377 e. The maximum Gasteiger partial charge on any atom is 0.0377 e. The summed E-state index contributed by atoms with van der Waals surface area (Å²) in [4.78, 5) is 2.15. The van der Waals surface area contributed by atoms with Crippen molar-refractivity contribution in [2.45, 2.75) is 20.8 Å². The van der Waals surface area contributed by atoms with E-state index in [0.717, 1.165) is 6.54 Å². The molecular formula is C10H19N. The largest absolute Gasteiger partial charge is 0.374 e. The molecule has 0 spiro atoms. The van der Waals surface area contributed by atoms with Gasteiger partial charge in [0.15, 0.2) is 0 Å². The summed E-state index contributed by atoms with van der Waals surface area (Å²) in [6.45, 7) is 15.1. The van der Waals surface area contributed by atoms with Crippen LogP contribution < -0.4 is 0 Å². The summed E-state index contributed by atoms with van der Waals surface area (Å²) < 4.78 is 0. The van der Waals surface area contributed by atoms with Crippen molar-refractivity contribution in [2.75, 3.05) is 13.6 Å². The topological polar surface area (TPSA) is 3.24 Å². The molecule has 11 heavy (non-hydrogen) atoms. The third-order valence-electron chi connectivity index (χ3n) is 1.66. The fourth-order valence-electron chi connectivity index (χ4n) is 0.947. The molecule has 0 aromatic rings. The van der Waals surface area contributed by atoms with E-state index in [1.54, 1.807) is 0 Å². The van der Waals surface area contributed by atoms with Gasteiger partial charge in [0, 0.05) is 19.3 Å². The van der Waals surface area contributed by atoms with E-state index in [1.165, 1.54) is 11.3 Å². The van der Waals surface area contributed by atoms with Crippen LogP contribution in [-0.2, 0) is 0 Å². The molecule has 0 N–H and O–H groups in total. The predicted octanol–water partition coefficient (Wildman–Crippen LogP) is 2.66. The highest BCUT2D eigenvalue weighted by Crippen LogP contribution is 2.11. The molecule has 0 saturated carbocycles. The summed E-state index contributed by atoms with van der Waals surface area (Å²) in [5.41, 5.74) is 2.35. The van der Waals surface area contributed by atoms with Crippen LogP contribution in [0.3, 0.4) is 0 Å². The van der Waals surface area contributed by atoms with E-state index in [2.05, 4.69) is 39.0 Å². The van der Waals surface area contributed by atoms with Gasteiger partial charge in [0.05, 0.1) is 0 Å². The summed E-state index contributed by atoms with van der Waals surface area (Å²) in [5, 5.41) is 0. The lowest BCUT2D eigenvalue weighted by Crippen LogP contribution is -2.21. The van der Waals surface area contributed by atoms with Crippen LogP contribution in [0.25, 0.3) is 0 Å². The van der Waals surface area contributed by atoms with Gasteiger partial charge < -0.3 is 4.90 Å². The molecule has 0 aliphatic heterocycles. The van der Waals surface area contributed by atoms with Crippen molar-refractivity contribution in [1.82, 2.24) is 4.90 Å². The SMILES string of the molecule is C=C(C)CN(C)C(=C)C(C)C. The molecule has 0 unspecified atom stereocenters. The zero-order valence-electron chi connectivity index (χ0n) is 8.15. The molecule has 0 aliphatic carbocycles. The van der Waals surface area contributed by atoms with Crippen LogP contribution in [0.5, 0.6) is 0 Å². The molecule has 0 radical (unpaired) electrons. The summed E-state index contributed by atoms with van der Waals surface area (Å²) in [6.07, 6.45) is 0. The van der Waals surface area contributed by atoms with Gasteiger partial charge in [0.1, 0.15) is 0 Å². The van der Waals surface area contributed by atoms with E-state index in [9.17, 15) is 0 Å². The van der Waals surface area contributed by atoms with Crippen molar-refractivity contribution in [3.8, 4) is 0 Å². The highest BCUT2D eigenvalue weighted by molar-refractivity contribution is 5.01. The molecule has 0 rings (SSSR count). The number of nitrogens with zero attached hydrogens (tertiary/aromatic N) is 1. The van der Waals surface area contributed by atoms with E-state index in [-0.39, 0.29) is 0 Å². The van der Waals surface area contributed by atoms with E-state index >= 15 is 0 Å². The third kappa shape index (κ3) is 3.87. The first kappa shape index (κ1) is 10.3. The molecule has 0 aromatic carbocycles. The molecule has 0 fully saturated rings. The lowest BCUT2D eigenvalue weighted by Gasteiger charge is -2.24. The fraction of sp³-hybridized carbons (Fsp3) is 0.600. The molecule has 1 nitrogen and oxygen atoms in total. The standard InChI is InChI=1S/C10H19N/c1-8(2)7-11(6)10(5)9(3)4/h9H,1,5,7H2,2-4,6H3. The number of rotatable bonds is 4. The molecule has 0 amide bonds. The van der Waals surface area contributed by atoms with Crippen LogP contribution in [0.1, 0.15) is 20.8 Å².